The van der Waals surface area contributed by atoms with Crippen molar-refractivity contribution < 1.29 is 28.3 Å². The summed E-state index contributed by atoms with van der Waals surface area (Å²) in [5.74, 6) is -0.465. The predicted octanol–water partition coefficient (Wildman–Crippen LogP) is 3.77. The molecular formula is C20H23NO6. The van der Waals surface area contributed by atoms with Gasteiger partial charge in [0.2, 0.25) is 11.8 Å². The second kappa shape index (κ2) is 9.56. The molecule has 1 aromatic heterocycles. The fourth-order valence-electron chi connectivity index (χ4n) is 2.58. The van der Waals surface area contributed by atoms with Gasteiger partial charge in [-0.3, -0.25) is 14.9 Å². The molecule has 0 aliphatic rings. The third-order valence-electron chi connectivity index (χ3n) is 3.73. The molecule has 0 aliphatic carbocycles. The number of aryl methyl sites for hydroxylation is 1. The Balaban J connectivity index is 1.99. The molecule has 1 N–H and O–H groups in total. The SMILES string of the molecule is CCOC(=O)c1c(NC(=O)CCCOc2ccccc2)oc(C)c1C(C)=O. The number of ketones is 1. The fraction of sp³-hybridized carbons (Fsp3) is 0.350. The minimum Gasteiger partial charge on any atom is -0.494 e. The molecule has 0 unspecified atom stereocenters. The molecule has 0 aliphatic heterocycles. The van der Waals surface area contributed by atoms with Crippen molar-refractivity contribution in [1.82, 2.24) is 0 Å². The number of nitrogens with one attached hydrogen (secondary N) is 1. The number of hydrogen-bond acceptors (Lipinski definition) is 6. The number of ether oxygens (including phenoxy) is 2. The Morgan fingerprint density at radius 1 is 1.11 bits per heavy atom. The van der Waals surface area contributed by atoms with E-state index >= 15 is 0 Å². The first kappa shape index (κ1) is 20.2. The summed E-state index contributed by atoms with van der Waals surface area (Å²) >= 11 is 0. The molecule has 1 amide bonds. The first-order valence-corrected chi connectivity index (χ1v) is 8.73. The number of carbonyl (C=O) groups excluding carboxylic acids is 3. The molecule has 7 nitrogen and oxygen atoms in total. The van der Waals surface area contributed by atoms with Crippen molar-refractivity contribution in [3.05, 3.63) is 47.2 Å². The van der Waals surface area contributed by atoms with Gasteiger partial charge in [-0.25, -0.2) is 4.79 Å². The summed E-state index contributed by atoms with van der Waals surface area (Å²) in [4.78, 5) is 36.2. The highest BCUT2D eigenvalue weighted by Crippen LogP contribution is 2.28. The number of Topliss-reactive ketones (excluding diaryl/α,β-unsaturated/α-hetero) is 1. The molecule has 0 saturated heterocycles. The average molecular weight is 373 g/mol. The zero-order valence-electron chi connectivity index (χ0n) is 15.7. The van der Waals surface area contributed by atoms with Crippen molar-refractivity contribution in [1.29, 1.82) is 0 Å². The average Bonchev–Trinajstić information content (AvgIpc) is 2.96. The van der Waals surface area contributed by atoms with Crippen LogP contribution in [-0.2, 0) is 9.53 Å². The van der Waals surface area contributed by atoms with E-state index in [4.69, 9.17) is 13.9 Å². The Labute approximate surface area is 157 Å². The zero-order chi connectivity index (χ0) is 19.8. The summed E-state index contributed by atoms with van der Waals surface area (Å²) in [5, 5.41) is 2.55. The van der Waals surface area contributed by atoms with Crippen LogP contribution in [0.15, 0.2) is 34.7 Å². The van der Waals surface area contributed by atoms with Crippen LogP contribution >= 0.6 is 0 Å². The van der Waals surface area contributed by atoms with Gasteiger partial charge in [0.25, 0.3) is 0 Å². The van der Waals surface area contributed by atoms with Gasteiger partial charge in [0.15, 0.2) is 5.78 Å². The van der Waals surface area contributed by atoms with Crippen molar-refractivity contribution in [3.8, 4) is 5.75 Å². The number of anilines is 1. The van der Waals surface area contributed by atoms with E-state index in [-0.39, 0.29) is 47.5 Å². The van der Waals surface area contributed by atoms with E-state index in [2.05, 4.69) is 5.32 Å². The summed E-state index contributed by atoms with van der Waals surface area (Å²) in [6, 6.07) is 9.29. The third kappa shape index (κ3) is 5.44. The predicted molar refractivity (Wildman–Crippen MR) is 99.2 cm³/mol. The van der Waals surface area contributed by atoms with Crippen molar-refractivity contribution in [2.75, 3.05) is 18.5 Å². The highest BCUT2D eigenvalue weighted by atomic mass is 16.5. The monoisotopic (exact) mass is 373 g/mol. The number of rotatable bonds is 9. The molecule has 144 valence electrons. The van der Waals surface area contributed by atoms with E-state index in [1.807, 2.05) is 30.3 Å². The van der Waals surface area contributed by atoms with E-state index in [9.17, 15) is 14.4 Å². The van der Waals surface area contributed by atoms with Crippen molar-refractivity contribution in [2.24, 2.45) is 0 Å². The molecule has 27 heavy (non-hydrogen) atoms. The van der Waals surface area contributed by atoms with E-state index in [0.717, 1.165) is 5.75 Å². The van der Waals surface area contributed by atoms with Gasteiger partial charge in [0, 0.05) is 6.42 Å². The molecule has 0 spiro atoms. The van der Waals surface area contributed by atoms with E-state index < -0.39 is 5.97 Å². The maximum Gasteiger partial charge on any atom is 0.344 e. The Bertz CT molecular complexity index is 809. The molecule has 1 heterocycles. The minimum absolute atomic E-state index is 0.0456. The van der Waals surface area contributed by atoms with Crippen LogP contribution in [-0.4, -0.2) is 30.9 Å². The smallest absolute Gasteiger partial charge is 0.344 e. The Hall–Kier alpha value is -3.09. The van der Waals surface area contributed by atoms with Crippen LogP contribution in [0.3, 0.4) is 0 Å². The van der Waals surface area contributed by atoms with Gasteiger partial charge in [0.1, 0.15) is 17.1 Å². The van der Waals surface area contributed by atoms with Crippen LogP contribution in [0.1, 0.15) is 53.2 Å². The second-order valence-electron chi connectivity index (χ2n) is 5.83. The fourth-order valence-corrected chi connectivity index (χ4v) is 2.58. The minimum atomic E-state index is -0.706. The molecule has 2 aromatic rings. The van der Waals surface area contributed by atoms with Gasteiger partial charge in [-0.05, 0) is 39.3 Å². The number of carbonyl (C=O) groups is 3. The van der Waals surface area contributed by atoms with Gasteiger partial charge >= 0.3 is 5.97 Å². The summed E-state index contributed by atoms with van der Waals surface area (Å²) in [5.41, 5.74) is 0.0758. The summed E-state index contributed by atoms with van der Waals surface area (Å²) in [7, 11) is 0. The number of amides is 1. The molecule has 0 saturated carbocycles. The van der Waals surface area contributed by atoms with E-state index in [0.29, 0.717) is 13.0 Å². The van der Waals surface area contributed by atoms with Gasteiger partial charge in [-0.1, -0.05) is 18.2 Å². The Kier molecular flexibility index (Phi) is 7.16. The normalized spacial score (nSPS) is 10.3. The van der Waals surface area contributed by atoms with Crippen LogP contribution in [0.25, 0.3) is 0 Å². The first-order chi connectivity index (χ1) is 12.9. The van der Waals surface area contributed by atoms with Gasteiger partial charge in [0.05, 0.1) is 18.8 Å². The third-order valence-corrected chi connectivity index (χ3v) is 3.73. The summed E-state index contributed by atoms with van der Waals surface area (Å²) in [6.45, 7) is 5.06. The second-order valence-corrected chi connectivity index (χ2v) is 5.83. The van der Waals surface area contributed by atoms with Crippen molar-refractivity contribution in [2.45, 2.75) is 33.6 Å². The highest BCUT2D eigenvalue weighted by molar-refractivity contribution is 6.10. The largest absolute Gasteiger partial charge is 0.494 e. The molecule has 0 atom stereocenters. The number of hydrogen-bond donors (Lipinski definition) is 1. The number of esters is 1. The van der Waals surface area contributed by atoms with Crippen LogP contribution in [0.2, 0.25) is 0 Å². The lowest BCUT2D eigenvalue weighted by Crippen LogP contribution is -2.16. The lowest BCUT2D eigenvalue weighted by Gasteiger charge is -2.07. The van der Waals surface area contributed by atoms with Gasteiger partial charge < -0.3 is 13.9 Å². The number of furan rings is 1. The van der Waals surface area contributed by atoms with Crippen LogP contribution < -0.4 is 10.1 Å². The van der Waals surface area contributed by atoms with Crippen LogP contribution in [0.5, 0.6) is 5.75 Å². The lowest BCUT2D eigenvalue weighted by atomic mass is 10.1. The van der Waals surface area contributed by atoms with Gasteiger partial charge in [-0.2, -0.15) is 0 Å². The van der Waals surface area contributed by atoms with Gasteiger partial charge in [-0.15, -0.1) is 0 Å². The van der Waals surface area contributed by atoms with Crippen molar-refractivity contribution in [3.63, 3.8) is 0 Å². The van der Waals surface area contributed by atoms with Crippen LogP contribution in [0.4, 0.5) is 5.88 Å². The highest BCUT2D eigenvalue weighted by Gasteiger charge is 2.28. The topological polar surface area (TPSA) is 94.8 Å². The number of benzene rings is 1. The van der Waals surface area contributed by atoms with Crippen molar-refractivity contribution >= 4 is 23.5 Å². The van der Waals surface area contributed by atoms with Crippen LogP contribution in [0, 0.1) is 6.92 Å². The standard InChI is InChI=1S/C20H23NO6/c1-4-25-20(24)18-17(13(2)22)14(3)27-19(18)21-16(23)11-8-12-26-15-9-6-5-7-10-15/h5-7,9-10H,4,8,11-12H2,1-3H3,(H,21,23). The quantitative estimate of drug-likeness (QED) is 0.408. The zero-order valence-corrected chi connectivity index (χ0v) is 15.7. The molecule has 2 rings (SSSR count). The maximum atomic E-state index is 12.2. The Morgan fingerprint density at radius 3 is 2.44 bits per heavy atom. The molecule has 0 radical (unpaired) electrons. The molecule has 0 bridgehead atoms. The number of para-hydroxylation sites is 1. The summed E-state index contributed by atoms with van der Waals surface area (Å²) in [6.07, 6.45) is 0.652. The van der Waals surface area contributed by atoms with E-state index in [1.54, 1.807) is 13.8 Å². The maximum absolute atomic E-state index is 12.2. The lowest BCUT2D eigenvalue weighted by molar-refractivity contribution is -0.116. The molecule has 7 heteroatoms. The summed E-state index contributed by atoms with van der Waals surface area (Å²) < 4.78 is 15.9. The molecular weight excluding hydrogens is 350 g/mol. The van der Waals surface area contributed by atoms with E-state index in [1.165, 1.54) is 6.92 Å². The molecule has 1 aromatic carbocycles. The molecule has 0 fully saturated rings. The Morgan fingerprint density at radius 2 is 1.81 bits per heavy atom. The first-order valence-electron chi connectivity index (χ1n) is 8.73.